The molecule has 0 saturated carbocycles. The zero-order valence-corrected chi connectivity index (χ0v) is 18.4. The van der Waals surface area contributed by atoms with Gasteiger partial charge in [-0.2, -0.15) is 5.26 Å². The molecule has 34 heavy (non-hydrogen) atoms. The Hall–Kier alpha value is -4.67. The Labute approximate surface area is 197 Å². The van der Waals surface area contributed by atoms with Crippen LogP contribution in [-0.2, 0) is 0 Å². The summed E-state index contributed by atoms with van der Waals surface area (Å²) in [5, 5.41) is 19.4. The summed E-state index contributed by atoms with van der Waals surface area (Å²) in [5.74, 6) is 0. The molecule has 0 heterocycles. The van der Waals surface area contributed by atoms with Crippen LogP contribution in [0.5, 0.6) is 0 Å². The van der Waals surface area contributed by atoms with E-state index in [1.807, 2.05) is 24.3 Å². The smallest absolute Gasteiger partial charge is 0.0991 e. The minimum atomic E-state index is 0.683. The Morgan fingerprint density at radius 2 is 1.00 bits per heavy atom. The van der Waals surface area contributed by atoms with Crippen molar-refractivity contribution in [1.82, 2.24) is 0 Å². The number of fused-ring (bicyclic) bond motifs is 1. The highest BCUT2D eigenvalue weighted by molar-refractivity contribution is 6.25. The topological polar surface area (TPSA) is 23.8 Å². The van der Waals surface area contributed by atoms with Crippen LogP contribution in [0.25, 0.3) is 65.3 Å². The van der Waals surface area contributed by atoms with E-state index in [9.17, 15) is 0 Å². The van der Waals surface area contributed by atoms with E-state index in [4.69, 9.17) is 5.26 Å². The average molecular weight is 430 g/mol. The molecule has 7 aromatic rings. The van der Waals surface area contributed by atoms with Crippen molar-refractivity contribution in [1.29, 1.82) is 5.26 Å². The summed E-state index contributed by atoms with van der Waals surface area (Å²) in [6.45, 7) is 0. The molecule has 0 atom stereocenters. The van der Waals surface area contributed by atoms with Crippen LogP contribution < -0.4 is 0 Å². The van der Waals surface area contributed by atoms with E-state index in [1.54, 1.807) is 0 Å². The first kappa shape index (κ1) is 18.9. The van der Waals surface area contributed by atoms with Crippen molar-refractivity contribution in [2.24, 2.45) is 0 Å². The second kappa shape index (κ2) is 7.17. The molecule has 0 aliphatic heterocycles. The van der Waals surface area contributed by atoms with Gasteiger partial charge in [-0.1, -0.05) is 91.0 Å². The van der Waals surface area contributed by atoms with E-state index >= 15 is 0 Å². The van der Waals surface area contributed by atoms with Crippen molar-refractivity contribution in [2.45, 2.75) is 0 Å². The maximum Gasteiger partial charge on any atom is 0.0991 e. The minimum absolute atomic E-state index is 0.683. The molecule has 0 aromatic heterocycles. The summed E-state index contributed by atoms with van der Waals surface area (Å²) in [6.07, 6.45) is 0. The third-order valence-electron chi connectivity index (χ3n) is 7.03. The normalized spacial score (nSPS) is 11.5. The Balaban J connectivity index is 1.39. The fraction of sp³-hybridized carbons (Fsp3) is 0. The molecule has 0 aliphatic carbocycles. The van der Waals surface area contributed by atoms with Crippen molar-refractivity contribution in [2.75, 3.05) is 0 Å². The first-order valence-electron chi connectivity index (χ1n) is 11.5. The van der Waals surface area contributed by atoms with E-state index < -0.39 is 0 Å². The van der Waals surface area contributed by atoms with Gasteiger partial charge in [-0.25, -0.2) is 0 Å². The van der Waals surface area contributed by atoms with Gasteiger partial charge in [0.25, 0.3) is 0 Å². The molecular weight excluding hydrogens is 410 g/mol. The zero-order chi connectivity index (χ0) is 22.6. The predicted molar refractivity (Wildman–Crippen MR) is 143 cm³/mol. The third-order valence-corrected chi connectivity index (χ3v) is 7.03. The van der Waals surface area contributed by atoms with Crippen LogP contribution in [0, 0.1) is 11.3 Å². The van der Waals surface area contributed by atoms with E-state index in [0.29, 0.717) is 5.56 Å². The summed E-state index contributed by atoms with van der Waals surface area (Å²) in [7, 11) is 0. The van der Waals surface area contributed by atoms with Gasteiger partial charge in [0, 0.05) is 0 Å². The molecule has 0 fully saturated rings. The van der Waals surface area contributed by atoms with Crippen molar-refractivity contribution in [3.8, 4) is 28.3 Å². The number of hydrogen-bond acceptors (Lipinski definition) is 1. The Kier molecular flexibility index (Phi) is 3.98. The number of benzene rings is 7. The van der Waals surface area contributed by atoms with Gasteiger partial charge in [0.1, 0.15) is 0 Å². The molecule has 7 rings (SSSR count). The SMILES string of the molecule is N#Cc1ccc(-c2ccc3cc(-c4ccc5ccc6cccc7ccc4c5c67)ccc3c2)cc1. The molecule has 0 aliphatic rings. The molecule has 0 saturated heterocycles. The van der Waals surface area contributed by atoms with Crippen LogP contribution in [0.1, 0.15) is 5.56 Å². The molecule has 0 amide bonds. The molecule has 1 nitrogen and oxygen atoms in total. The lowest BCUT2D eigenvalue weighted by molar-refractivity contribution is 1.48. The summed E-state index contributed by atoms with van der Waals surface area (Å²) >= 11 is 0. The van der Waals surface area contributed by atoms with Gasteiger partial charge in [-0.15, -0.1) is 0 Å². The number of hydrogen-bond donors (Lipinski definition) is 0. The quantitative estimate of drug-likeness (QED) is 0.252. The summed E-state index contributed by atoms with van der Waals surface area (Å²) < 4.78 is 0. The number of nitrogens with zero attached hydrogens (tertiary/aromatic N) is 1. The lowest BCUT2D eigenvalue weighted by atomic mass is 9.89. The minimum Gasteiger partial charge on any atom is -0.192 e. The molecule has 156 valence electrons. The number of nitriles is 1. The van der Waals surface area contributed by atoms with E-state index in [2.05, 4.69) is 97.1 Å². The fourth-order valence-electron chi connectivity index (χ4n) is 5.32. The third kappa shape index (κ3) is 2.80. The maximum atomic E-state index is 9.06. The monoisotopic (exact) mass is 429 g/mol. The van der Waals surface area contributed by atoms with Crippen molar-refractivity contribution >= 4 is 43.1 Å². The van der Waals surface area contributed by atoms with Crippen molar-refractivity contribution < 1.29 is 0 Å². The highest BCUT2D eigenvalue weighted by Crippen LogP contribution is 2.40. The number of rotatable bonds is 2. The van der Waals surface area contributed by atoms with E-state index in [1.165, 1.54) is 54.2 Å². The molecule has 1 heteroatoms. The molecule has 0 unspecified atom stereocenters. The Morgan fingerprint density at radius 1 is 0.441 bits per heavy atom. The summed E-state index contributed by atoms with van der Waals surface area (Å²) in [4.78, 5) is 0. The zero-order valence-electron chi connectivity index (χ0n) is 18.4. The molecule has 0 bridgehead atoms. The van der Waals surface area contributed by atoms with Crippen LogP contribution in [0.4, 0.5) is 0 Å². The van der Waals surface area contributed by atoms with Gasteiger partial charge >= 0.3 is 0 Å². The van der Waals surface area contributed by atoms with Gasteiger partial charge in [0.15, 0.2) is 0 Å². The molecular formula is C33H19N. The van der Waals surface area contributed by atoms with E-state index in [0.717, 1.165) is 11.1 Å². The molecule has 0 spiro atoms. The van der Waals surface area contributed by atoms with E-state index in [-0.39, 0.29) is 0 Å². The van der Waals surface area contributed by atoms with Crippen molar-refractivity contribution in [3.63, 3.8) is 0 Å². The predicted octanol–water partition coefficient (Wildman–Crippen LogP) is 8.94. The lowest BCUT2D eigenvalue weighted by Crippen LogP contribution is -1.87. The first-order chi connectivity index (χ1) is 16.8. The second-order valence-electron chi connectivity index (χ2n) is 8.94. The molecule has 0 N–H and O–H groups in total. The van der Waals surface area contributed by atoms with Crippen molar-refractivity contribution in [3.05, 3.63) is 121 Å². The van der Waals surface area contributed by atoms with Crippen LogP contribution in [0.3, 0.4) is 0 Å². The Bertz CT molecular complexity index is 1890. The molecule has 7 aromatic carbocycles. The Morgan fingerprint density at radius 3 is 1.74 bits per heavy atom. The fourth-order valence-corrected chi connectivity index (χ4v) is 5.32. The lowest BCUT2D eigenvalue weighted by Gasteiger charge is -2.14. The highest BCUT2D eigenvalue weighted by atomic mass is 14.2. The van der Waals surface area contributed by atoms with Gasteiger partial charge in [0.2, 0.25) is 0 Å². The maximum absolute atomic E-state index is 9.06. The largest absolute Gasteiger partial charge is 0.192 e. The van der Waals surface area contributed by atoms with Gasteiger partial charge in [-0.05, 0) is 89.6 Å². The summed E-state index contributed by atoms with van der Waals surface area (Å²) in [5.41, 5.74) is 5.46. The van der Waals surface area contributed by atoms with Crippen LogP contribution >= 0.6 is 0 Å². The van der Waals surface area contributed by atoms with Crippen LogP contribution in [-0.4, -0.2) is 0 Å². The average Bonchev–Trinajstić information content (AvgIpc) is 2.91. The van der Waals surface area contributed by atoms with Gasteiger partial charge in [-0.3, -0.25) is 0 Å². The summed E-state index contributed by atoms with van der Waals surface area (Å²) in [6, 6.07) is 43.3. The van der Waals surface area contributed by atoms with Crippen LogP contribution in [0.2, 0.25) is 0 Å². The highest BCUT2D eigenvalue weighted by Gasteiger charge is 2.12. The standard InChI is InChI=1S/C33H19N/c34-20-21-4-6-22(7-5-21)26-10-11-28-19-29(13-12-27(28)18-26)30-16-14-25-9-8-23-2-1-3-24-15-17-31(30)33(25)32(23)24/h1-19H. The second-order valence-corrected chi connectivity index (χ2v) is 8.94. The molecule has 0 radical (unpaired) electrons. The van der Waals surface area contributed by atoms with Gasteiger partial charge < -0.3 is 0 Å². The van der Waals surface area contributed by atoms with Gasteiger partial charge in [0.05, 0.1) is 11.6 Å². The first-order valence-corrected chi connectivity index (χ1v) is 11.5. The van der Waals surface area contributed by atoms with Crippen LogP contribution in [0.15, 0.2) is 115 Å².